The zero-order valence-electron chi connectivity index (χ0n) is 5.40. The summed E-state index contributed by atoms with van der Waals surface area (Å²) < 4.78 is 0. The molecule has 4 heteroatoms. The molecule has 4 nitrogen and oxygen atoms in total. The Bertz CT molecular complexity index is 130. The van der Waals surface area contributed by atoms with E-state index in [9.17, 15) is 4.79 Å². The smallest absolute Gasteiger partial charge is 0.332 e. The molecule has 0 aliphatic rings. The summed E-state index contributed by atoms with van der Waals surface area (Å²) in [7, 11) is 0. The van der Waals surface area contributed by atoms with E-state index in [1.165, 1.54) is 12.2 Å². The molecule has 3 N–H and O–H groups in total. The summed E-state index contributed by atoms with van der Waals surface area (Å²) in [6.07, 6.45) is 1.48. The number of aliphatic carboxylic acids is 1. The number of aliphatic hydroxyl groups is 2. The quantitative estimate of drug-likeness (QED) is 0.461. The van der Waals surface area contributed by atoms with Crippen LogP contribution >= 0.6 is 0 Å². The fraction of sp³-hybridized carbons (Fsp3) is 0.500. The lowest BCUT2D eigenvalue weighted by Gasteiger charge is -1.98. The first-order valence-electron chi connectivity index (χ1n) is 2.85. The van der Waals surface area contributed by atoms with Crippen molar-refractivity contribution in [3.05, 3.63) is 12.2 Å². The third-order valence-electron chi connectivity index (χ3n) is 0.916. The van der Waals surface area contributed by atoms with Gasteiger partial charge in [0.1, 0.15) is 0 Å². The number of carbonyl (C=O) groups is 1. The lowest BCUT2D eigenvalue weighted by Crippen LogP contribution is -2.17. The average Bonchev–Trinajstić information content (AvgIpc) is 1.88. The average molecular weight is 146 g/mol. The summed E-state index contributed by atoms with van der Waals surface area (Å²) in [4.78, 5) is 9.95. The van der Waals surface area contributed by atoms with E-state index in [1.807, 2.05) is 0 Å². The van der Waals surface area contributed by atoms with E-state index >= 15 is 0 Å². The van der Waals surface area contributed by atoms with Crippen LogP contribution in [0.3, 0.4) is 0 Å². The molecule has 0 heterocycles. The van der Waals surface area contributed by atoms with Crippen molar-refractivity contribution >= 4 is 5.97 Å². The van der Waals surface area contributed by atoms with E-state index in [1.54, 1.807) is 0 Å². The van der Waals surface area contributed by atoms with Gasteiger partial charge in [0.2, 0.25) is 0 Å². The third-order valence-corrected chi connectivity index (χ3v) is 0.916. The minimum atomic E-state index is -1.36. The van der Waals surface area contributed by atoms with Gasteiger partial charge in [0, 0.05) is 6.42 Å². The molecule has 1 atom stereocenters. The maximum atomic E-state index is 9.95. The Labute approximate surface area is 58.4 Å². The Morgan fingerprint density at radius 1 is 1.50 bits per heavy atom. The Hall–Kier alpha value is -0.870. The van der Waals surface area contributed by atoms with Gasteiger partial charge in [-0.3, -0.25) is 0 Å². The second kappa shape index (κ2) is 4.96. The minimum Gasteiger partial charge on any atom is -0.479 e. The number of rotatable bonds is 4. The van der Waals surface area contributed by atoms with Gasteiger partial charge >= 0.3 is 5.97 Å². The number of hydrogen-bond donors (Lipinski definition) is 3. The maximum absolute atomic E-state index is 9.95. The summed E-state index contributed by atoms with van der Waals surface area (Å²) in [5, 5.41) is 25.0. The molecule has 0 bridgehead atoms. The highest BCUT2D eigenvalue weighted by atomic mass is 16.4. The Morgan fingerprint density at radius 3 is 2.50 bits per heavy atom. The van der Waals surface area contributed by atoms with Gasteiger partial charge in [-0.2, -0.15) is 0 Å². The normalized spacial score (nSPS) is 13.8. The number of carboxylic acid groups (broad SMARTS) is 1. The van der Waals surface area contributed by atoms with Crippen molar-refractivity contribution < 1.29 is 20.1 Å². The highest BCUT2D eigenvalue weighted by Crippen LogP contribution is 1.91. The molecular weight excluding hydrogens is 136 g/mol. The Balaban J connectivity index is 3.48. The molecule has 0 rings (SSSR count). The molecule has 0 saturated heterocycles. The third kappa shape index (κ3) is 4.05. The summed E-state index contributed by atoms with van der Waals surface area (Å²) in [5.74, 6) is -1.25. The standard InChI is InChI=1S/C6H10O4/c7-4-2-1-3-5(8)6(9)10/h1-2,5,7-8H,3-4H2,(H,9,10). The van der Waals surface area contributed by atoms with Crippen molar-refractivity contribution in [2.24, 2.45) is 0 Å². The van der Waals surface area contributed by atoms with Crippen LogP contribution in [0, 0.1) is 0 Å². The Morgan fingerprint density at radius 2 is 2.10 bits per heavy atom. The van der Waals surface area contributed by atoms with Gasteiger partial charge in [0.25, 0.3) is 0 Å². The Kier molecular flexibility index (Phi) is 4.53. The van der Waals surface area contributed by atoms with Gasteiger partial charge < -0.3 is 15.3 Å². The molecule has 0 radical (unpaired) electrons. The van der Waals surface area contributed by atoms with Crippen molar-refractivity contribution in [1.29, 1.82) is 0 Å². The van der Waals surface area contributed by atoms with Gasteiger partial charge in [-0.15, -0.1) is 0 Å². The minimum absolute atomic E-state index is 0.0376. The summed E-state index contributed by atoms with van der Waals surface area (Å²) >= 11 is 0. The van der Waals surface area contributed by atoms with Crippen LogP contribution in [-0.2, 0) is 4.79 Å². The monoisotopic (exact) mass is 146 g/mol. The summed E-state index contributed by atoms with van der Waals surface area (Å²) in [5.41, 5.74) is 0. The van der Waals surface area contributed by atoms with Crippen molar-refractivity contribution in [2.45, 2.75) is 12.5 Å². The van der Waals surface area contributed by atoms with Crippen molar-refractivity contribution in [3.63, 3.8) is 0 Å². The molecule has 0 aromatic carbocycles. The van der Waals surface area contributed by atoms with Crippen LogP contribution in [0.2, 0.25) is 0 Å². The molecule has 0 saturated carbocycles. The van der Waals surface area contributed by atoms with E-state index in [2.05, 4.69) is 0 Å². The van der Waals surface area contributed by atoms with E-state index in [0.29, 0.717) is 0 Å². The van der Waals surface area contributed by atoms with Gasteiger partial charge in [-0.1, -0.05) is 12.2 Å². The van der Waals surface area contributed by atoms with E-state index in [4.69, 9.17) is 15.3 Å². The predicted molar refractivity (Wildman–Crippen MR) is 34.5 cm³/mol. The molecule has 0 aliphatic carbocycles. The van der Waals surface area contributed by atoms with Gasteiger partial charge in [0.15, 0.2) is 6.10 Å². The molecule has 0 spiro atoms. The lowest BCUT2D eigenvalue weighted by atomic mass is 10.2. The molecule has 0 amide bonds. The number of aliphatic hydroxyl groups excluding tert-OH is 2. The fourth-order valence-electron chi connectivity index (χ4n) is 0.400. The van der Waals surface area contributed by atoms with Gasteiger partial charge in [-0.25, -0.2) is 4.79 Å². The van der Waals surface area contributed by atoms with E-state index < -0.39 is 12.1 Å². The fourth-order valence-corrected chi connectivity index (χ4v) is 0.400. The SMILES string of the molecule is O=C(O)C(O)CC=CCO. The molecule has 0 aliphatic heterocycles. The zero-order valence-corrected chi connectivity index (χ0v) is 5.40. The maximum Gasteiger partial charge on any atom is 0.332 e. The van der Waals surface area contributed by atoms with Crippen LogP contribution in [0.15, 0.2) is 12.2 Å². The van der Waals surface area contributed by atoms with Crippen LogP contribution in [-0.4, -0.2) is 34.0 Å². The van der Waals surface area contributed by atoms with Crippen molar-refractivity contribution in [3.8, 4) is 0 Å². The van der Waals surface area contributed by atoms with Crippen LogP contribution in [0.1, 0.15) is 6.42 Å². The molecular formula is C6H10O4. The van der Waals surface area contributed by atoms with E-state index in [0.717, 1.165) is 0 Å². The van der Waals surface area contributed by atoms with E-state index in [-0.39, 0.29) is 13.0 Å². The summed E-state index contributed by atoms with van der Waals surface area (Å²) in [6.45, 7) is -0.133. The second-order valence-corrected chi connectivity index (χ2v) is 1.74. The molecule has 0 fully saturated rings. The summed E-state index contributed by atoms with van der Waals surface area (Å²) in [6, 6.07) is 0. The van der Waals surface area contributed by atoms with Gasteiger partial charge in [-0.05, 0) is 0 Å². The first-order chi connectivity index (χ1) is 4.68. The highest BCUT2D eigenvalue weighted by Gasteiger charge is 2.09. The molecule has 0 aromatic rings. The van der Waals surface area contributed by atoms with Gasteiger partial charge in [0.05, 0.1) is 6.61 Å². The van der Waals surface area contributed by atoms with Crippen molar-refractivity contribution in [2.75, 3.05) is 6.61 Å². The second-order valence-electron chi connectivity index (χ2n) is 1.74. The van der Waals surface area contributed by atoms with Crippen LogP contribution < -0.4 is 0 Å². The first kappa shape index (κ1) is 9.13. The topological polar surface area (TPSA) is 77.8 Å². The van der Waals surface area contributed by atoms with Crippen LogP contribution in [0.25, 0.3) is 0 Å². The molecule has 1 unspecified atom stereocenters. The number of carboxylic acids is 1. The van der Waals surface area contributed by atoms with Crippen molar-refractivity contribution in [1.82, 2.24) is 0 Å². The largest absolute Gasteiger partial charge is 0.479 e. The van der Waals surface area contributed by atoms with Crippen LogP contribution in [0.5, 0.6) is 0 Å². The predicted octanol–water partition coefficient (Wildman–Crippen LogP) is -0.629. The van der Waals surface area contributed by atoms with Crippen LogP contribution in [0.4, 0.5) is 0 Å². The molecule has 0 aromatic heterocycles. The molecule has 10 heavy (non-hydrogen) atoms. The highest BCUT2D eigenvalue weighted by molar-refractivity contribution is 5.72. The first-order valence-corrected chi connectivity index (χ1v) is 2.85. The molecule has 58 valence electrons. The number of hydrogen-bond acceptors (Lipinski definition) is 3. The lowest BCUT2D eigenvalue weighted by molar-refractivity contribution is -0.146. The zero-order chi connectivity index (χ0) is 7.98.